The molecule has 0 saturated carbocycles. The molecule has 0 atom stereocenters. The van der Waals surface area contributed by atoms with Gasteiger partial charge in [-0.1, -0.05) is 31.5 Å². The molecule has 2 heteroatoms. The summed E-state index contributed by atoms with van der Waals surface area (Å²) in [5.74, 6) is 0. The van der Waals surface area contributed by atoms with E-state index in [9.17, 15) is 0 Å². The van der Waals surface area contributed by atoms with Gasteiger partial charge in [0.15, 0.2) is 0 Å². The lowest BCUT2D eigenvalue weighted by Crippen LogP contribution is -2.05. The van der Waals surface area contributed by atoms with Gasteiger partial charge in [-0.25, -0.2) is 0 Å². The van der Waals surface area contributed by atoms with Gasteiger partial charge in [0, 0.05) is 0 Å². The molecule has 0 aromatic heterocycles. The highest BCUT2D eigenvalue weighted by molar-refractivity contribution is 6.31. The molecule has 0 fully saturated rings. The van der Waals surface area contributed by atoms with Crippen LogP contribution < -0.4 is 0 Å². The van der Waals surface area contributed by atoms with Crippen molar-refractivity contribution in [1.82, 2.24) is 0 Å². The van der Waals surface area contributed by atoms with Crippen LogP contribution in [-0.2, 0) is 0 Å². The van der Waals surface area contributed by atoms with Crippen molar-refractivity contribution in [3.63, 3.8) is 0 Å². The average molecular weight is 170 g/mol. The minimum atomic E-state index is -0.0609. The summed E-state index contributed by atoms with van der Waals surface area (Å²) in [6, 6.07) is 1.87. The second-order valence-corrected chi connectivity index (χ2v) is 3.49. The molecule has 0 aliphatic rings. The number of halogens is 1. The van der Waals surface area contributed by atoms with E-state index >= 15 is 0 Å². The van der Waals surface area contributed by atoms with E-state index in [4.69, 9.17) is 16.9 Å². The summed E-state index contributed by atoms with van der Waals surface area (Å²) in [6.07, 6.45) is 4.39. The predicted molar refractivity (Wildman–Crippen MR) is 48.1 cm³/mol. The Balaban J connectivity index is 4.34. The number of hydrogen-bond acceptors (Lipinski definition) is 1. The quantitative estimate of drug-likeness (QED) is 0.470. The maximum Gasteiger partial charge on any atom is 0.114 e. The van der Waals surface area contributed by atoms with Crippen molar-refractivity contribution < 1.29 is 0 Å². The molecular weight excluding hydrogens is 158 g/mol. The fourth-order valence-electron chi connectivity index (χ4n) is 0.806. The largest absolute Gasteiger partial charge is 0.191 e. The van der Waals surface area contributed by atoms with Gasteiger partial charge in [0.25, 0.3) is 0 Å². The molecule has 0 aromatic carbocycles. The Morgan fingerprint density at radius 2 is 2.27 bits per heavy atom. The zero-order valence-corrected chi connectivity index (χ0v) is 7.65. The molecule has 0 saturated heterocycles. The Labute approximate surface area is 73.0 Å². The fourth-order valence-corrected chi connectivity index (χ4v) is 1.10. The van der Waals surface area contributed by atoms with Crippen LogP contribution in [0.4, 0.5) is 0 Å². The molecule has 0 heterocycles. The minimum absolute atomic E-state index is 0.0609. The van der Waals surface area contributed by atoms with Gasteiger partial charge in [0.05, 0.1) is 0 Å². The molecule has 0 N–H and O–H groups in total. The monoisotopic (exact) mass is 169 g/mol. The Hall–Kier alpha value is -0.740. The summed E-state index contributed by atoms with van der Waals surface area (Å²) >= 11 is 5.55. The molecule has 1 nitrogen and oxygen atoms in total. The predicted octanol–water partition coefficient (Wildman–Crippen LogP) is 3.23. The lowest BCUT2D eigenvalue weighted by molar-refractivity contribution is 0.488. The summed E-state index contributed by atoms with van der Waals surface area (Å²) in [4.78, 5) is 0. The first-order chi connectivity index (χ1) is 5.02. The van der Waals surface area contributed by atoms with E-state index in [1.807, 2.05) is 26.0 Å². The number of rotatable bonds is 3. The van der Waals surface area contributed by atoms with Crippen molar-refractivity contribution in [2.75, 3.05) is 0 Å². The highest BCUT2D eigenvalue weighted by Gasteiger charge is 2.12. The van der Waals surface area contributed by atoms with Crippen molar-refractivity contribution >= 4 is 11.6 Å². The van der Waals surface area contributed by atoms with Crippen molar-refractivity contribution in [2.45, 2.75) is 20.3 Å². The molecule has 0 rings (SSSR count). The molecule has 60 valence electrons. The first kappa shape index (κ1) is 10.3. The normalized spacial score (nSPS) is 12.4. The fraction of sp³-hybridized carbons (Fsp3) is 0.444. The maximum absolute atomic E-state index is 8.39. The summed E-state index contributed by atoms with van der Waals surface area (Å²) in [7, 11) is 0. The maximum atomic E-state index is 8.39. The smallest absolute Gasteiger partial charge is 0.114 e. The first-order valence-electron chi connectivity index (χ1n) is 3.41. The van der Waals surface area contributed by atoms with Gasteiger partial charge in [-0.15, -0.1) is 6.58 Å². The lowest BCUT2D eigenvalue weighted by atomic mass is 9.89. The van der Waals surface area contributed by atoms with Crippen molar-refractivity contribution in [1.29, 1.82) is 5.26 Å². The van der Waals surface area contributed by atoms with Gasteiger partial charge < -0.3 is 0 Å². The van der Waals surface area contributed by atoms with Crippen molar-refractivity contribution in [3.8, 4) is 6.07 Å². The number of hydrogen-bond donors (Lipinski definition) is 0. The van der Waals surface area contributed by atoms with Crippen LogP contribution in [0.15, 0.2) is 23.8 Å². The lowest BCUT2D eigenvalue weighted by Gasteiger charge is -2.16. The second kappa shape index (κ2) is 4.20. The minimum Gasteiger partial charge on any atom is -0.191 e. The van der Waals surface area contributed by atoms with Crippen molar-refractivity contribution in [3.05, 3.63) is 23.8 Å². The van der Waals surface area contributed by atoms with E-state index < -0.39 is 0 Å². The Kier molecular flexibility index (Phi) is 3.92. The highest BCUT2D eigenvalue weighted by atomic mass is 35.5. The Bertz CT molecular complexity index is 208. The SMILES string of the molecule is C=CCC(C)(C)/C=C(\Cl)C#N. The van der Waals surface area contributed by atoms with Crippen LogP contribution in [-0.4, -0.2) is 0 Å². The van der Waals surface area contributed by atoms with Gasteiger partial charge in [0.1, 0.15) is 11.1 Å². The van der Waals surface area contributed by atoms with E-state index in [-0.39, 0.29) is 10.4 Å². The third kappa shape index (κ3) is 4.64. The average Bonchev–Trinajstić information content (AvgIpc) is 1.86. The van der Waals surface area contributed by atoms with Gasteiger partial charge in [-0.05, 0) is 17.9 Å². The molecular formula is C9H12ClN. The number of allylic oxidation sites excluding steroid dienone is 3. The van der Waals surface area contributed by atoms with Crippen molar-refractivity contribution in [2.24, 2.45) is 5.41 Å². The summed E-state index contributed by atoms with van der Waals surface area (Å²) < 4.78 is 0. The molecule has 0 aromatic rings. The summed E-state index contributed by atoms with van der Waals surface area (Å²) in [5, 5.41) is 8.64. The summed E-state index contributed by atoms with van der Waals surface area (Å²) in [5.41, 5.74) is -0.0609. The topological polar surface area (TPSA) is 23.8 Å². The Morgan fingerprint density at radius 1 is 1.73 bits per heavy atom. The van der Waals surface area contributed by atoms with Crippen LogP contribution in [0.2, 0.25) is 0 Å². The van der Waals surface area contributed by atoms with Crippen LogP contribution in [0, 0.1) is 16.7 Å². The molecule has 0 spiro atoms. The van der Waals surface area contributed by atoms with E-state index in [0.29, 0.717) is 0 Å². The molecule has 0 unspecified atom stereocenters. The van der Waals surface area contributed by atoms with Crippen LogP contribution in [0.25, 0.3) is 0 Å². The van der Waals surface area contributed by atoms with Crippen LogP contribution in [0.1, 0.15) is 20.3 Å². The molecule has 0 aliphatic carbocycles. The van der Waals surface area contributed by atoms with Crippen LogP contribution in [0.3, 0.4) is 0 Å². The molecule has 0 aliphatic heterocycles. The molecule has 11 heavy (non-hydrogen) atoms. The summed E-state index contributed by atoms with van der Waals surface area (Å²) in [6.45, 7) is 7.64. The van der Waals surface area contributed by atoms with E-state index in [2.05, 4.69) is 6.58 Å². The zero-order valence-electron chi connectivity index (χ0n) is 6.89. The Morgan fingerprint density at radius 3 is 2.64 bits per heavy atom. The first-order valence-corrected chi connectivity index (χ1v) is 3.79. The highest BCUT2D eigenvalue weighted by Crippen LogP contribution is 2.24. The van der Waals surface area contributed by atoms with Gasteiger partial charge in [-0.3, -0.25) is 0 Å². The van der Waals surface area contributed by atoms with Gasteiger partial charge >= 0.3 is 0 Å². The van der Waals surface area contributed by atoms with Crippen LogP contribution >= 0.6 is 11.6 Å². The van der Waals surface area contributed by atoms with E-state index in [0.717, 1.165) is 6.42 Å². The third-order valence-corrected chi connectivity index (χ3v) is 1.49. The number of nitriles is 1. The number of nitrogens with zero attached hydrogens (tertiary/aromatic N) is 1. The van der Waals surface area contributed by atoms with Gasteiger partial charge in [-0.2, -0.15) is 5.26 Å². The van der Waals surface area contributed by atoms with Gasteiger partial charge in [0.2, 0.25) is 0 Å². The van der Waals surface area contributed by atoms with E-state index in [1.54, 1.807) is 6.08 Å². The molecule has 0 radical (unpaired) electrons. The molecule has 0 bridgehead atoms. The second-order valence-electron chi connectivity index (χ2n) is 3.09. The standard InChI is InChI=1S/C9H12ClN/c1-4-5-9(2,3)6-8(10)7-11/h4,6H,1,5H2,2-3H3/b8-6-. The molecule has 0 amide bonds. The van der Waals surface area contributed by atoms with E-state index in [1.165, 1.54) is 0 Å². The van der Waals surface area contributed by atoms with Crippen LogP contribution in [0.5, 0.6) is 0 Å². The zero-order chi connectivity index (χ0) is 8.91. The third-order valence-electron chi connectivity index (χ3n) is 1.29.